The maximum atomic E-state index is 6.31. The SMILES string of the molecule is CCC(N)C(c1ccccc1C)n1cc(Cl)c(C)n1. The fourth-order valence-corrected chi connectivity index (χ4v) is 2.45. The first-order valence-corrected chi connectivity index (χ1v) is 6.94. The van der Waals surface area contributed by atoms with E-state index < -0.39 is 0 Å². The van der Waals surface area contributed by atoms with Crippen molar-refractivity contribution >= 4 is 11.6 Å². The van der Waals surface area contributed by atoms with E-state index in [9.17, 15) is 0 Å². The van der Waals surface area contributed by atoms with Crippen molar-refractivity contribution in [2.75, 3.05) is 0 Å². The quantitative estimate of drug-likeness (QED) is 0.930. The van der Waals surface area contributed by atoms with Crippen molar-refractivity contribution in [2.45, 2.75) is 39.3 Å². The van der Waals surface area contributed by atoms with Crippen LogP contribution in [0.25, 0.3) is 0 Å². The summed E-state index contributed by atoms with van der Waals surface area (Å²) < 4.78 is 1.90. The fourth-order valence-electron chi connectivity index (χ4n) is 2.31. The first-order chi connectivity index (χ1) is 9.04. The number of hydrogen-bond donors (Lipinski definition) is 1. The highest BCUT2D eigenvalue weighted by Gasteiger charge is 2.23. The second-order valence-electron chi connectivity index (χ2n) is 4.92. The molecule has 0 aliphatic heterocycles. The first-order valence-electron chi connectivity index (χ1n) is 6.57. The molecule has 1 aromatic carbocycles. The van der Waals surface area contributed by atoms with Crippen LogP contribution in [0.5, 0.6) is 0 Å². The van der Waals surface area contributed by atoms with Gasteiger partial charge in [0.05, 0.1) is 16.8 Å². The highest BCUT2D eigenvalue weighted by molar-refractivity contribution is 6.31. The van der Waals surface area contributed by atoms with E-state index in [4.69, 9.17) is 17.3 Å². The largest absolute Gasteiger partial charge is 0.326 e. The van der Waals surface area contributed by atoms with Gasteiger partial charge in [0.15, 0.2) is 0 Å². The highest BCUT2D eigenvalue weighted by Crippen LogP contribution is 2.27. The third-order valence-electron chi connectivity index (χ3n) is 3.53. The molecule has 4 heteroatoms. The van der Waals surface area contributed by atoms with E-state index in [1.54, 1.807) is 0 Å². The Labute approximate surface area is 119 Å². The number of nitrogens with two attached hydrogens (primary N) is 1. The molecule has 0 amide bonds. The molecule has 0 bridgehead atoms. The molecule has 19 heavy (non-hydrogen) atoms. The summed E-state index contributed by atoms with van der Waals surface area (Å²) in [5, 5.41) is 5.18. The van der Waals surface area contributed by atoms with Gasteiger partial charge in [-0.3, -0.25) is 4.68 Å². The molecule has 0 aliphatic carbocycles. The molecule has 0 radical (unpaired) electrons. The van der Waals surface area contributed by atoms with Gasteiger partial charge in [-0.15, -0.1) is 0 Å². The minimum Gasteiger partial charge on any atom is -0.326 e. The number of nitrogens with zero attached hydrogens (tertiary/aromatic N) is 2. The minimum atomic E-state index is 0.0106. The van der Waals surface area contributed by atoms with Gasteiger partial charge in [0.2, 0.25) is 0 Å². The first kappa shape index (κ1) is 14.1. The molecule has 2 atom stereocenters. The normalized spacial score (nSPS) is 14.4. The Morgan fingerprint density at radius 3 is 2.53 bits per heavy atom. The van der Waals surface area contributed by atoms with Crippen molar-refractivity contribution in [2.24, 2.45) is 5.73 Å². The van der Waals surface area contributed by atoms with Gasteiger partial charge in [-0.2, -0.15) is 5.10 Å². The minimum absolute atomic E-state index is 0.0106. The van der Waals surface area contributed by atoms with Gasteiger partial charge in [-0.05, 0) is 31.4 Å². The lowest BCUT2D eigenvalue weighted by Gasteiger charge is -2.25. The molecule has 0 saturated carbocycles. The molecular weight excluding hydrogens is 258 g/mol. The molecule has 0 saturated heterocycles. The average molecular weight is 278 g/mol. The molecule has 2 rings (SSSR count). The summed E-state index contributed by atoms with van der Waals surface area (Å²) in [5.41, 5.74) is 9.57. The zero-order chi connectivity index (χ0) is 14.0. The van der Waals surface area contributed by atoms with Gasteiger partial charge in [0.1, 0.15) is 0 Å². The number of aryl methyl sites for hydroxylation is 2. The lowest BCUT2D eigenvalue weighted by molar-refractivity contribution is 0.421. The molecule has 3 nitrogen and oxygen atoms in total. The molecule has 0 spiro atoms. The molecule has 1 heterocycles. The van der Waals surface area contributed by atoms with Crippen molar-refractivity contribution < 1.29 is 0 Å². The van der Waals surface area contributed by atoms with E-state index in [1.165, 1.54) is 11.1 Å². The topological polar surface area (TPSA) is 43.8 Å². The summed E-state index contributed by atoms with van der Waals surface area (Å²) >= 11 is 6.12. The lowest BCUT2D eigenvalue weighted by atomic mass is 9.94. The van der Waals surface area contributed by atoms with Crippen LogP contribution in [0, 0.1) is 13.8 Å². The monoisotopic (exact) mass is 277 g/mol. The van der Waals surface area contributed by atoms with Gasteiger partial charge in [-0.1, -0.05) is 42.8 Å². The summed E-state index contributed by atoms with van der Waals surface area (Å²) in [6.45, 7) is 6.10. The standard InChI is InChI=1S/C15H20ClN3/c1-4-14(17)15(12-8-6-5-7-10(12)2)19-9-13(16)11(3)18-19/h5-9,14-15H,4,17H2,1-3H3. The molecule has 2 unspecified atom stereocenters. The van der Waals surface area contributed by atoms with Gasteiger partial charge >= 0.3 is 0 Å². The van der Waals surface area contributed by atoms with Crippen LogP contribution >= 0.6 is 11.6 Å². The van der Waals surface area contributed by atoms with E-state index in [2.05, 4.69) is 31.1 Å². The molecule has 2 N–H and O–H groups in total. The molecule has 0 fully saturated rings. The molecule has 2 aromatic rings. The maximum absolute atomic E-state index is 6.31. The van der Waals surface area contributed by atoms with E-state index in [-0.39, 0.29) is 12.1 Å². The molecule has 1 aromatic heterocycles. The Bertz CT molecular complexity index is 543. The van der Waals surface area contributed by atoms with Crippen molar-refractivity contribution in [3.63, 3.8) is 0 Å². The van der Waals surface area contributed by atoms with Crippen molar-refractivity contribution in [3.8, 4) is 0 Å². The Kier molecular flexibility index (Phi) is 4.27. The van der Waals surface area contributed by atoms with Crippen LogP contribution in [0.1, 0.15) is 36.2 Å². The van der Waals surface area contributed by atoms with Crippen molar-refractivity contribution in [1.29, 1.82) is 0 Å². The van der Waals surface area contributed by atoms with Gasteiger partial charge in [0, 0.05) is 12.2 Å². The van der Waals surface area contributed by atoms with Crippen LogP contribution in [-0.2, 0) is 0 Å². The zero-order valence-corrected chi connectivity index (χ0v) is 12.4. The van der Waals surface area contributed by atoms with Gasteiger partial charge < -0.3 is 5.73 Å². The second kappa shape index (κ2) is 5.76. The third kappa shape index (κ3) is 2.82. The van der Waals surface area contributed by atoms with E-state index in [0.717, 1.165) is 12.1 Å². The second-order valence-corrected chi connectivity index (χ2v) is 5.32. The molecule has 0 aliphatic rings. The predicted molar refractivity (Wildman–Crippen MR) is 79.6 cm³/mol. The number of aromatic nitrogens is 2. The number of benzene rings is 1. The Hall–Kier alpha value is -1.32. The number of hydrogen-bond acceptors (Lipinski definition) is 2. The van der Waals surface area contributed by atoms with Gasteiger partial charge in [0.25, 0.3) is 0 Å². The van der Waals surface area contributed by atoms with Crippen LogP contribution in [0.2, 0.25) is 5.02 Å². The zero-order valence-electron chi connectivity index (χ0n) is 11.6. The van der Waals surface area contributed by atoms with Crippen LogP contribution in [0.15, 0.2) is 30.5 Å². The summed E-state index contributed by atoms with van der Waals surface area (Å²) in [6.07, 6.45) is 2.75. The summed E-state index contributed by atoms with van der Waals surface area (Å²) in [4.78, 5) is 0. The van der Waals surface area contributed by atoms with Crippen molar-refractivity contribution in [1.82, 2.24) is 9.78 Å². The van der Waals surface area contributed by atoms with E-state index in [1.807, 2.05) is 29.9 Å². The van der Waals surface area contributed by atoms with Crippen LogP contribution in [0.3, 0.4) is 0 Å². The smallest absolute Gasteiger partial charge is 0.0922 e. The average Bonchev–Trinajstić information content (AvgIpc) is 2.71. The van der Waals surface area contributed by atoms with Gasteiger partial charge in [-0.25, -0.2) is 0 Å². The van der Waals surface area contributed by atoms with Crippen LogP contribution < -0.4 is 5.73 Å². The lowest BCUT2D eigenvalue weighted by Crippen LogP contribution is -2.33. The van der Waals surface area contributed by atoms with E-state index in [0.29, 0.717) is 5.02 Å². The Balaban J connectivity index is 2.51. The number of rotatable bonds is 4. The molecular formula is C15H20ClN3. The van der Waals surface area contributed by atoms with Crippen LogP contribution in [0.4, 0.5) is 0 Å². The molecule has 102 valence electrons. The summed E-state index contributed by atoms with van der Waals surface area (Å²) in [7, 11) is 0. The number of halogens is 1. The fraction of sp³-hybridized carbons (Fsp3) is 0.400. The maximum Gasteiger partial charge on any atom is 0.0922 e. The highest BCUT2D eigenvalue weighted by atomic mass is 35.5. The summed E-state index contributed by atoms with van der Waals surface area (Å²) in [5.74, 6) is 0. The van der Waals surface area contributed by atoms with Crippen molar-refractivity contribution in [3.05, 3.63) is 52.3 Å². The van der Waals surface area contributed by atoms with E-state index >= 15 is 0 Å². The van der Waals surface area contributed by atoms with Crippen LogP contribution in [-0.4, -0.2) is 15.8 Å². The predicted octanol–water partition coefficient (Wildman–Crippen LogP) is 3.48. The Morgan fingerprint density at radius 1 is 1.32 bits per heavy atom. The Morgan fingerprint density at radius 2 is 2.00 bits per heavy atom. The summed E-state index contributed by atoms with van der Waals surface area (Å²) in [6, 6.07) is 8.32. The third-order valence-corrected chi connectivity index (χ3v) is 3.90.